The molecule has 0 saturated carbocycles. The smallest absolute Gasteiger partial charge is 0.305 e. The van der Waals surface area contributed by atoms with Gasteiger partial charge in [-0.3, -0.25) is 9.59 Å². The molecule has 0 radical (unpaired) electrons. The molecule has 0 bridgehead atoms. The van der Waals surface area contributed by atoms with E-state index in [4.69, 9.17) is 5.73 Å². The molecule has 2 aromatic rings. The van der Waals surface area contributed by atoms with E-state index in [1.807, 2.05) is 22.9 Å². The maximum Gasteiger partial charge on any atom is 0.305 e. The van der Waals surface area contributed by atoms with Gasteiger partial charge in [0.2, 0.25) is 0 Å². The van der Waals surface area contributed by atoms with Crippen LogP contribution in [0.15, 0.2) is 22.9 Å². The van der Waals surface area contributed by atoms with Crippen LogP contribution in [0.2, 0.25) is 0 Å². The van der Waals surface area contributed by atoms with Crippen LogP contribution in [-0.2, 0) is 16.0 Å². The van der Waals surface area contributed by atoms with Crippen molar-refractivity contribution in [3.05, 3.63) is 33.3 Å². The van der Waals surface area contributed by atoms with Gasteiger partial charge in [0, 0.05) is 28.7 Å². The highest BCUT2D eigenvalue weighted by molar-refractivity contribution is 7.15. The molecule has 3 N–H and O–H groups in total. The second-order valence-corrected chi connectivity index (χ2v) is 6.57. The van der Waals surface area contributed by atoms with Gasteiger partial charge in [-0.2, -0.15) is 0 Å². The predicted molar refractivity (Wildman–Crippen MR) is 87.1 cm³/mol. The number of hydrogen-bond donors (Lipinski definition) is 2. The van der Waals surface area contributed by atoms with Crippen molar-refractivity contribution < 1.29 is 19.4 Å². The van der Waals surface area contributed by atoms with Crippen LogP contribution in [0.5, 0.6) is 0 Å². The Morgan fingerprint density at radius 1 is 1.36 bits per heavy atom. The monoisotopic (exact) mass is 339 g/mol. The van der Waals surface area contributed by atoms with Crippen molar-refractivity contribution in [1.82, 2.24) is 0 Å². The number of hydrogen-bond acceptors (Lipinski definition) is 7. The number of methoxy groups -OCH3 is 1. The normalized spacial score (nSPS) is 12.1. The molecule has 0 amide bonds. The molecule has 0 aromatic carbocycles. The van der Waals surface area contributed by atoms with Gasteiger partial charge >= 0.3 is 5.97 Å². The third-order valence-corrected chi connectivity index (χ3v) is 5.07. The highest BCUT2D eigenvalue weighted by Crippen LogP contribution is 2.34. The molecule has 0 aliphatic carbocycles. The van der Waals surface area contributed by atoms with Crippen LogP contribution in [0.25, 0.3) is 10.4 Å². The van der Waals surface area contributed by atoms with E-state index in [9.17, 15) is 14.7 Å². The Morgan fingerprint density at radius 2 is 2.14 bits per heavy atom. The SMILES string of the molecule is COC(=O)CCC(=O)c1cc(-c2sccc2CC(N)O)cs1. The van der Waals surface area contributed by atoms with Gasteiger partial charge in [0.15, 0.2) is 5.78 Å². The lowest BCUT2D eigenvalue weighted by Gasteiger charge is -2.04. The van der Waals surface area contributed by atoms with Crippen molar-refractivity contribution in [3.63, 3.8) is 0 Å². The largest absolute Gasteiger partial charge is 0.469 e. The fourth-order valence-electron chi connectivity index (χ4n) is 2.02. The van der Waals surface area contributed by atoms with E-state index in [0.717, 1.165) is 16.0 Å². The third-order valence-electron chi connectivity index (χ3n) is 3.10. The van der Waals surface area contributed by atoms with Crippen LogP contribution in [0.3, 0.4) is 0 Å². The zero-order chi connectivity index (χ0) is 16.1. The predicted octanol–water partition coefficient (Wildman–Crippen LogP) is 2.43. The first-order valence-corrected chi connectivity index (χ1v) is 8.46. The van der Waals surface area contributed by atoms with E-state index >= 15 is 0 Å². The number of Topliss-reactive ketones (excluding diaryl/α,β-unsaturated/α-hetero) is 1. The standard InChI is InChI=1S/C15H17NO4S2/c1-20-14(19)3-2-11(17)12-6-10(8-22-12)15-9(4-5-21-15)7-13(16)18/h4-6,8,13,18H,2-3,7,16H2,1H3. The summed E-state index contributed by atoms with van der Waals surface area (Å²) in [5.74, 6) is -0.457. The van der Waals surface area contributed by atoms with E-state index in [2.05, 4.69) is 4.74 Å². The summed E-state index contributed by atoms with van der Waals surface area (Å²) < 4.78 is 4.53. The van der Waals surface area contributed by atoms with Gasteiger partial charge in [-0.15, -0.1) is 22.7 Å². The minimum atomic E-state index is -0.895. The number of esters is 1. The second kappa shape index (κ2) is 7.64. The maximum atomic E-state index is 12.1. The summed E-state index contributed by atoms with van der Waals surface area (Å²) in [5, 5.41) is 13.2. The Bertz CT molecular complexity index is 660. The number of ether oxygens (including phenoxy) is 1. The van der Waals surface area contributed by atoms with E-state index in [1.165, 1.54) is 18.4 Å². The average molecular weight is 339 g/mol. The molecule has 0 fully saturated rings. The lowest BCUT2D eigenvalue weighted by atomic mass is 10.1. The minimum absolute atomic E-state index is 0.0707. The maximum absolute atomic E-state index is 12.1. The molecular weight excluding hydrogens is 322 g/mol. The molecule has 2 heterocycles. The third kappa shape index (κ3) is 4.23. The van der Waals surface area contributed by atoms with Crippen LogP contribution < -0.4 is 5.73 Å². The van der Waals surface area contributed by atoms with Crippen molar-refractivity contribution >= 4 is 34.4 Å². The molecule has 2 rings (SSSR count). The first-order chi connectivity index (χ1) is 10.5. The van der Waals surface area contributed by atoms with Crippen LogP contribution in [-0.4, -0.2) is 30.2 Å². The number of carbonyl (C=O) groups excluding carboxylic acids is 2. The topological polar surface area (TPSA) is 89.6 Å². The number of carbonyl (C=O) groups is 2. The van der Waals surface area contributed by atoms with Gasteiger partial charge in [-0.05, 0) is 23.1 Å². The summed E-state index contributed by atoms with van der Waals surface area (Å²) in [4.78, 5) is 24.8. The summed E-state index contributed by atoms with van der Waals surface area (Å²) in [6.45, 7) is 0. The summed E-state index contributed by atoms with van der Waals surface area (Å²) in [6.07, 6.45) is -0.286. The minimum Gasteiger partial charge on any atom is -0.469 e. The molecule has 118 valence electrons. The fourth-order valence-corrected chi connectivity index (χ4v) is 3.89. The molecule has 0 saturated heterocycles. The average Bonchev–Trinajstić information content (AvgIpc) is 3.12. The molecule has 2 aromatic heterocycles. The Hall–Kier alpha value is -1.54. The zero-order valence-electron chi connectivity index (χ0n) is 12.1. The van der Waals surface area contributed by atoms with Crippen LogP contribution in [0.1, 0.15) is 28.1 Å². The molecule has 0 spiro atoms. The van der Waals surface area contributed by atoms with Gasteiger partial charge in [0.05, 0.1) is 18.4 Å². The van der Waals surface area contributed by atoms with Crippen molar-refractivity contribution in [3.8, 4) is 10.4 Å². The number of nitrogens with two attached hydrogens (primary N) is 1. The van der Waals surface area contributed by atoms with Crippen molar-refractivity contribution in [2.75, 3.05) is 7.11 Å². The molecular formula is C15H17NO4S2. The Labute approximate surface area is 136 Å². The Morgan fingerprint density at radius 3 is 2.82 bits per heavy atom. The number of ketones is 1. The zero-order valence-corrected chi connectivity index (χ0v) is 13.7. The first-order valence-electron chi connectivity index (χ1n) is 6.70. The summed E-state index contributed by atoms with van der Waals surface area (Å²) in [7, 11) is 1.31. The van der Waals surface area contributed by atoms with Crippen molar-refractivity contribution in [2.45, 2.75) is 25.5 Å². The van der Waals surface area contributed by atoms with Crippen molar-refractivity contribution in [2.24, 2.45) is 5.73 Å². The molecule has 7 heteroatoms. The second-order valence-electron chi connectivity index (χ2n) is 4.75. The summed E-state index contributed by atoms with van der Waals surface area (Å²) in [5.41, 5.74) is 7.34. The van der Waals surface area contributed by atoms with E-state index in [-0.39, 0.29) is 24.6 Å². The molecule has 0 aliphatic rings. The Kier molecular flexibility index (Phi) is 5.84. The van der Waals surface area contributed by atoms with Crippen molar-refractivity contribution in [1.29, 1.82) is 0 Å². The van der Waals surface area contributed by atoms with Gasteiger partial charge in [0.25, 0.3) is 0 Å². The summed E-state index contributed by atoms with van der Waals surface area (Å²) in [6, 6.07) is 3.75. The number of thiophene rings is 2. The lowest BCUT2D eigenvalue weighted by molar-refractivity contribution is -0.140. The van der Waals surface area contributed by atoms with Crippen LogP contribution in [0.4, 0.5) is 0 Å². The highest BCUT2D eigenvalue weighted by Gasteiger charge is 2.15. The fraction of sp³-hybridized carbons (Fsp3) is 0.333. The Balaban J connectivity index is 2.10. The molecule has 5 nitrogen and oxygen atoms in total. The molecule has 1 unspecified atom stereocenters. The molecule has 22 heavy (non-hydrogen) atoms. The van der Waals surface area contributed by atoms with Gasteiger partial charge in [-0.1, -0.05) is 0 Å². The molecule has 1 atom stereocenters. The van der Waals surface area contributed by atoms with E-state index in [0.29, 0.717) is 11.3 Å². The van der Waals surface area contributed by atoms with E-state index in [1.54, 1.807) is 11.3 Å². The van der Waals surface area contributed by atoms with Crippen LogP contribution >= 0.6 is 22.7 Å². The first kappa shape index (κ1) is 16.8. The summed E-state index contributed by atoms with van der Waals surface area (Å²) >= 11 is 2.90. The number of aliphatic hydroxyl groups excluding tert-OH is 1. The molecule has 0 aliphatic heterocycles. The number of rotatable bonds is 7. The quantitative estimate of drug-likeness (QED) is 0.459. The van der Waals surface area contributed by atoms with Gasteiger partial charge in [-0.25, -0.2) is 0 Å². The number of aliphatic hydroxyl groups is 1. The highest BCUT2D eigenvalue weighted by atomic mass is 32.1. The van der Waals surface area contributed by atoms with E-state index < -0.39 is 6.23 Å². The van der Waals surface area contributed by atoms with Crippen LogP contribution in [0, 0.1) is 0 Å². The lowest BCUT2D eigenvalue weighted by Crippen LogP contribution is -2.21. The van der Waals surface area contributed by atoms with Gasteiger partial charge in [0.1, 0.15) is 6.23 Å². The van der Waals surface area contributed by atoms with Gasteiger partial charge < -0.3 is 15.6 Å².